The Balaban J connectivity index is 2.41. The molecule has 0 bridgehead atoms. The van der Waals surface area contributed by atoms with Crippen LogP contribution in [-0.4, -0.2) is 16.1 Å². The molecule has 4 heteroatoms. The second-order valence-electron chi connectivity index (χ2n) is 4.40. The van der Waals surface area contributed by atoms with Crippen molar-refractivity contribution in [2.75, 3.05) is 6.54 Å². The quantitative estimate of drug-likeness (QED) is 0.940. The predicted octanol–water partition coefficient (Wildman–Crippen LogP) is 3.19. The highest BCUT2D eigenvalue weighted by atomic mass is 79.9. The van der Waals surface area contributed by atoms with E-state index in [0.29, 0.717) is 0 Å². The molecule has 3 nitrogen and oxygen atoms in total. The summed E-state index contributed by atoms with van der Waals surface area (Å²) in [5.74, 6) is 1.03. The van der Waals surface area contributed by atoms with E-state index in [9.17, 15) is 0 Å². The summed E-state index contributed by atoms with van der Waals surface area (Å²) in [4.78, 5) is 4.45. The fourth-order valence-corrected chi connectivity index (χ4v) is 2.40. The van der Waals surface area contributed by atoms with Crippen molar-refractivity contribution in [3.63, 3.8) is 0 Å². The molecular formula is C14H18BrN3. The molecule has 1 unspecified atom stereocenters. The largest absolute Gasteiger partial charge is 0.336 e. The lowest BCUT2D eigenvalue weighted by molar-refractivity contribution is 0.577. The second kappa shape index (κ2) is 5.67. The van der Waals surface area contributed by atoms with E-state index in [0.717, 1.165) is 16.8 Å². The van der Waals surface area contributed by atoms with Crippen LogP contribution >= 0.6 is 15.9 Å². The molecule has 96 valence electrons. The van der Waals surface area contributed by atoms with Gasteiger partial charge in [0.2, 0.25) is 0 Å². The molecule has 0 aliphatic carbocycles. The molecule has 2 rings (SSSR count). The van der Waals surface area contributed by atoms with Crippen molar-refractivity contribution in [1.29, 1.82) is 0 Å². The number of aromatic nitrogens is 2. The highest BCUT2D eigenvalue weighted by Gasteiger charge is 2.17. The molecular weight excluding hydrogens is 290 g/mol. The third-order valence-electron chi connectivity index (χ3n) is 3.05. The summed E-state index contributed by atoms with van der Waals surface area (Å²) in [6.07, 6.45) is 3.81. The first-order valence-electron chi connectivity index (χ1n) is 6.10. The Morgan fingerprint density at radius 3 is 2.78 bits per heavy atom. The average Bonchev–Trinajstić information content (AvgIpc) is 2.76. The van der Waals surface area contributed by atoms with Crippen molar-refractivity contribution in [2.45, 2.75) is 19.9 Å². The minimum atomic E-state index is 0.131. The zero-order chi connectivity index (χ0) is 13.1. The predicted molar refractivity (Wildman–Crippen MR) is 77.6 cm³/mol. The summed E-state index contributed by atoms with van der Waals surface area (Å²) in [5.41, 5.74) is 2.47. The smallest absolute Gasteiger partial charge is 0.130 e. The minimum absolute atomic E-state index is 0.131. The van der Waals surface area contributed by atoms with Gasteiger partial charge in [0.05, 0.1) is 6.04 Å². The van der Waals surface area contributed by atoms with Crippen LogP contribution in [-0.2, 0) is 7.05 Å². The number of imidazole rings is 1. The lowest BCUT2D eigenvalue weighted by Gasteiger charge is -2.19. The van der Waals surface area contributed by atoms with Gasteiger partial charge in [0, 0.05) is 23.9 Å². The van der Waals surface area contributed by atoms with Crippen molar-refractivity contribution in [1.82, 2.24) is 14.9 Å². The van der Waals surface area contributed by atoms with E-state index >= 15 is 0 Å². The monoisotopic (exact) mass is 307 g/mol. The Morgan fingerprint density at radius 1 is 1.44 bits per heavy atom. The van der Waals surface area contributed by atoms with E-state index in [4.69, 9.17) is 0 Å². The Kier molecular flexibility index (Phi) is 4.19. The Bertz CT molecular complexity index is 534. The highest BCUT2D eigenvalue weighted by molar-refractivity contribution is 9.10. The van der Waals surface area contributed by atoms with Gasteiger partial charge in [-0.05, 0) is 30.7 Å². The van der Waals surface area contributed by atoms with E-state index in [2.05, 4.69) is 62.8 Å². The molecule has 1 aromatic carbocycles. The van der Waals surface area contributed by atoms with Gasteiger partial charge in [-0.1, -0.05) is 35.0 Å². The Morgan fingerprint density at radius 2 is 2.22 bits per heavy atom. The second-order valence-corrected chi connectivity index (χ2v) is 5.25. The molecule has 0 aliphatic heterocycles. The third kappa shape index (κ3) is 2.65. The molecule has 1 heterocycles. The summed E-state index contributed by atoms with van der Waals surface area (Å²) < 4.78 is 3.19. The molecule has 2 aromatic rings. The number of hydrogen-bond donors (Lipinski definition) is 1. The Hall–Kier alpha value is -1.13. The van der Waals surface area contributed by atoms with Gasteiger partial charge in [0.15, 0.2) is 0 Å². The number of halogens is 1. The van der Waals surface area contributed by atoms with Crippen LogP contribution < -0.4 is 5.32 Å². The van der Waals surface area contributed by atoms with Gasteiger partial charge in [-0.3, -0.25) is 0 Å². The topological polar surface area (TPSA) is 29.9 Å². The van der Waals surface area contributed by atoms with Gasteiger partial charge >= 0.3 is 0 Å². The zero-order valence-electron chi connectivity index (χ0n) is 10.9. The Labute approximate surface area is 116 Å². The fourth-order valence-electron chi connectivity index (χ4n) is 2.01. The van der Waals surface area contributed by atoms with Crippen molar-refractivity contribution in [3.05, 3.63) is 52.0 Å². The molecule has 0 radical (unpaired) electrons. The maximum absolute atomic E-state index is 4.45. The normalized spacial score (nSPS) is 12.7. The lowest BCUT2D eigenvalue weighted by Crippen LogP contribution is -2.24. The van der Waals surface area contributed by atoms with Crippen LogP contribution in [0.2, 0.25) is 0 Å². The van der Waals surface area contributed by atoms with E-state index < -0.39 is 0 Å². The van der Waals surface area contributed by atoms with Gasteiger partial charge in [-0.25, -0.2) is 4.98 Å². The first-order valence-corrected chi connectivity index (χ1v) is 6.89. The van der Waals surface area contributed by atoms with Crippen LogP contribution in [0.4, 0.5) is 0 Å². The van der Waals surface area contributed by atoms with Crippen molar-refractivity contribution >= 4 is 15.9 Å². The number of nitrogens with zero attached hydrogens (tertiary/aromatic N) is 2. The minimum Gasteiger partial charge on any atom is -0.336 e. The molecule has 0 aliphatic rings. The fraction of sp³-hybridized carbons (Fsp3) is 0.357. The third-order valence-corrected chi connectivity index (χ3v) is 3.91. The summed E-state index contributed by atoms with van der Waals surface area (Å²) >= 11 is 3.59. The molecule has 0 saturated carbocycles. The van der Waals surface area contributed by atoms with Crippen LogP contribution in [0.5, 0.6) is 0 Å². The zero-order valence-corrected chi connectivity index (χ0v) is 12.5. The van der Waals surface area contributed by atoms with E-state index in [1.54, 1.807) is 0 Å². The summed E-state index contributed by atoms with van der Waals surface area (Å²) in [6.45, 7) is 5.11. The highest BCUT2D eigenvalue weighted by Crippen LogP contribution is 2.25. The number of hydrogen-bond acceptors (Lipinski definition) is 2. The maximum atomic E-state index is 4.45. The molecule has 0 fully saturated rings. The number of aryl methyl sites for hydroxylation is 2. The first kappa shape index (κ1) is 13.3. The van der Waals surface area contributed by atoms with Crippen LogP contribution in [0, 0.1) is 6.92 Å². The van der Waals surface area contributed by atoms with Gasteiger partial charge in [0.1, 0.15) is 5.82 Å². The van der Waals surface area contributed by atoms with Crippen molar-refractivity contribution in [2.24, 2.45) is 7.05 Å². The van der Waals surface area contributed by atoms with E-state index in [1.165, 1.54) is 11.1 Å². The van der Waals surface area contributed by atoms with Crippen LogP contribution in [0.3, 0.4) is 0 Å². The van der Waals surface area contributed by atoms with Gasteiger partial charge in [0.25, 0.3) is 0 Å². The molecule has 0 amide bonds. The van der Waals surface area contributed by atoms with Crippen molar-refractivity contribution in [3.8, 4) is 0 Å². The molecule has 1 N–H and O–H groups in total. The number of benzene rings is 1. The van der Waals surface area contributed by atoms with Gasteiger partial charge in [-0.2, -0.15) is 0 Å². The van der Waals surface area contributed by atoms with Gasteiger partial charge < -0.3 is 9.88 Å². The summed E-state index contributed by atoms with van der Waals surface area (Å²) in [6, 6.07) is 6.58. The lowest BCUT2D eigenvalue weighted by atomic mass is 10.0. The van der Waals surface area contributed by atoms with Crippen LogP contribution in [0.1, 0.15) is 29.9 Å². The number of rotatable bonds is 4. The van der Waals surface area contributed by atoms with E-state index in [-0.39, 0.29) is 6.04 Å². The molecule has 18 heavy (non-hydrogen) atoms. The number of nitrogens with one attached hydrogen (secondary N) is 1. The van der Waals surface area contributed by atoms with Gasteiger partial charge in [-0.15, -0.1) is 0 Å². The van der Waals surface area contributed by atoms with E-state index in [1.807, 2.05) is 19.4 Å². The summed E-state index contributed by atoms with van der Waals surface area (Å²) in [5, 5.41) is 3.48. The first-order chi connectivity index (χ1) is 8.63. The van der Waals surface area contributed by atoms with Crippen molar-refractivity contribution < 1.29 is 0 Å². The maximum Gasteiger partial charge on any atom is 0.130 e. The summed E-state index contributed by atoms with van der Waals surface area (Å²) in [7, 11) is 2.02. The SMILES string of the molecule is CCNC(c1ccc(C)c(Br)c1)c1nccn1C. The van der Waals surface area contributed by atoms with Crippen LogP contribution in [0.25, 0.3) is 0 Å². The standard InChI is InChI=1S/C14H18BrN3/c1-4-16-13(14-17-7-8-18(14)3)11-6-5-10(2)12(15)9-11/h5-9,13,16H,4H2,1-3H3. The average molecular weight is 308 g/mol. The molecule has 1 atom stereocenters. The molecule has 1 aromatic heterocycles. The van der Waals surface area contributed by atoms with Crippen LogP contribution in [0.15, 0.2) is 35.1 Å². The molecule has 0 saturated heterocycles. The molecule has 0 spiro atoms.